The van der Waals surface area contributed by atoms with Crippen LogP contribution in [-0.4, -0.2) is 12.6 Å². The Balaban J connectivity index is 2.57. The summed E-state index contributed by atoms with van der Waals surface area (Å²) in [6.07, 6.45) is 11.8. The lowest BCUT2D eigenvalue weighted by molar-refractivity contribution is 0.379. The van der Waals surface area contributed by atoms with E-state index >= 15 is 0 Å². The Bertz CT molecular complexity index is 207. The van der Waals surface area contributed by atoms with E-state index < -0.39 is 0 Å². The summed E-state index contributed by atoms with van der Waals surface area (Å²) in [6.45, 7) is 8.12. The molecule has 1 aliphatic rings. The van der Waals surface area contributed by atoms with Gasteiger partial charge in [0.15, 0.2) is 0 Å². The van der Waals surface area contributed by atoms with Crippen LogP contribution in [0.15, 0.2) is 11.6 Å². The fourth-order valence-corrected chi connectivity index (χ4v) is 2.77. The smallest absolute Gasteiger partial charge is 0.0305 e. The minimum atomic E-state index is 0.653. The monoisotopic (exact) mass is 223 g/mol. The first kappa shape index (κ1) is 13.8. The summed E-state index contributed by atoms with van der Waals surface area (Å²) in [4.78, 5) is 0. The van der Waals surface area contributed by atoms with E-state index in [0.29, 0.717) is 6.04 Å². The average molecular weight is 223 g/mol. The molecule has 0 saturated heterocycles. The second-order valence-corrected chi connectivity index (χ2v) is 5.22. The second-order valence-electron chi connectivity index (χ2n) is 5.22. The average Bonchev–Trinajstić information content (AvgIpc) is 2.31. The van der Waals surface area contributed by atoms with Gasteiger partial charge in [-0.05, 0) is 51.0 Å². The summed E-state index contributed by atoms with van der Waals surface area (Å²) in [6, 6.07) is 0.653. The molecule has 1 aliphatic carbocycles. The third-order valence-corrected chi connectivity index (χ3v) is 3.65. The number of hydrogen-bond acceptors (Lipinski definition) is 1. The molecule has 0 aromatic rings. The molecular weight excluding hydrogens is 194 g/mol. The first-order valence-electron chi connectivity index (χ1n) is 7.21. The van der Waals surface area contributed by atoms with E-state index in [0.717, 1.165) is 12.5 Å². The van der Waals surface area contributed by atoms with Crippen LogP contribution >= 0.6 is 0 Å². The van der Waals surface area contributed by atoms with Crippen LogP contribution in [0.2, 0.25) is 0 Å². The molecule has 0 aromatic carbocycles. The minimum Gasteiger partial charge on any atom is -0.310 e. The molecule has 16 heavy (non-hydrogen) atoms. The standard InChI is InChI=1S/C15H29N/c1-4-9-13(3)15(16-12-5-2)14-10-7-6-8-11-14/h10,13,15-16H,4-9,11-12H2,1-3H3. The molecule has 1 N–H and O–H groups in total. The zero-order valence-corrected chi connectivity index (χ0v) is 11.4. The lowest BCUT2D eigenvalue weighted by atomic mass is 9.85. The van der Waals surface area contributed by atoms with Gasteiger partial charge in [-0.25, -0.2) is 0 Å². The second kappa shape index (κ2) is 7.89. The first-order valence-corrected chi connectivity index (χ1v) is 7.21. The fourth-order valence-electron chi connectivity index (χ4n) is 2.77. The van der Waals surface area contributed by atoms with Crippen LogP contribution in [0.4, 0.5) is 0 Å². The Morgan fingerprint density at radius 3 is 2.62 bits per heavy atom. The maximum atomic E-state index is 3.76. The predicted octanol–water partition coefficient (Wildman–Crippen LogP) is 4.29. The van der Waals surface area contributed by atoms with Gasteiger partial charge < -0.3 is 5.32 Å². The number of allylic oxidation sites excluding steroid dienone is 1. The maximum Gasteiger partial charge on any atom is 0.0305 e. The van der Waals surface area contributed by atoms with Gasteiger partial charge in [0.05, 0.1) is 0 Å². The molecule has 0 bridgehead atoms. The van der Waals surface area contributed by atoms with Crippen LogP contribution in [0.3, 0.4) is 0 Å². The van der Waals surface area contributed by atoms with Crippen molar-refractivity contribution in [3.8, 4) is 0 Å². The first-order chi connectivity index (χ1) is 7.79. The van der Waals surface area contributed by atoms with Gasteiger partial charge in [-0.2, -0.15) is 0 Å². The van der Waals surface area contributed by atoms with E-state index in [-0.39, 0.29) is 0 Å². The van der Waals surface area contributed by atoms with Crippen molar-refractivity contribution < 1.29 is 0 Å². The zero-order chi connectivity index (χ0) is 11.8. The van der Waals surface area contributed by atoms with Gasteiger partial charge in [0.2, 0.25) is 0 Å². The van der Waals surface area contributed by atoms with Gasteiger partial charge in [-0.15, -0.1) is 0 Å². The van der Waals surface area contributed by atoms with Crippen LogP contribution in [0.25, 0.3) is 0 Å². The van der Waals surface area contributed by atoms with Crippen molar-refractivity contribution in [1.82, 2.24) is 5.32 Å². The minimum absolute atomic E-state index is 0.653. The predicted molar refractivity (Wildman–Crippen MR) is 72.7 cm³/mol. The summed E-state index contributed by atoms with van der Waals surface area (Å²) in [5.74, 6) is 0.792. The topological polar surface area (TPSA) is 12.0 Å². The Hall–Kier alpha value is -0.300. The van der Waals surface area contributed by atoms with Gasteiger partial charge in [0, 0.05) is 6.04 Å². The van der Waals surface area contributed by atoms with Crippen molar-refractivity contribution in [3.63, 3.8) is 0 Å². The van der Waals surface area contributed by atoms with E-state index in [4.69, 9.17) is 0 Å². The molecule has 1 heteroatoms. The normalized spacial score (nSPS) is 20.3. The Morgan fingerprint density at radius 1 is 1.25 bits per heavy atom. The molecule has 2 atom stereocenters. The van der Waals surface area contributed by atoms with Gasteiger partial charge in [0.1, 0.15) is 0 Å². The van der Waals surface area contributed by atoms with E-state index in [9.17, 15) is 0 Å². The number of nitrogens with one attached hydrogen (secondary N) is 1. The van der Waals surface area contributed by atoms with Crippen molar-refractivity contribution in [1.29, 1.82) is 0 Å². The van der Waals surface area contributed by atoms with Crippen molar-refractivity contribution in [2.45, 2.75) is 71.8 Å². The van der Waals surface area contributed by atoms with Crippen LogP contribution in [0.5, 0.6) is 0 Å². The highest BCUT2D eigenvalue weighted by atomic mass is 14.9. The molecule has 1 nitrogen and oxygen atoms in total. The van der Waals surface area contributed by atoms with Gasteiger partial charge in [-0.1, -0.05) is 38.8 Å². The fraction of sp³-hybridized carbons (Fsp3) is 0.867. The van der Waals surface area contributed by atoms with Crippen LogP contribution in [-0.2, 0) is 0 Å². The molecule has 0 amide bonds. The highest BCUT2D eigenvalue weighted by Crippen LogP contribution is 2.26. The summed E-state index contributed by atoms with van der Waals surface area (Å²) in [7, 11) is 0. The molecule has 0 spiro atoms. The number of rotatable bonds is 7. The lowest BCUT2D eigenvalue weighted by Gasteiger charge is -2.29. The van der Waals surface area contributed by atoms with Crippen molar-refractivity contribution in [3.05, 3.63) is 11.6 Å². The Morgan fingerprint density at radius 2 is 2.06 bits per heavy atom. The molecule has 0 aromatic heterocycles. The molecule has 0 saturated carbocycles. The molecule has 94 valence electrons. The molecule has 1 rings (SSSR count). The largest absolute Gasteiger partial charge is 0.310 e. The van der Waals surface area contributed by atoms with Crippen LogP contribution < -0.4 is 5.32 Å². The van der Waals surface area contributed by atoms with E-state index in [1.807, 2.05) is 0 Å². The highest BCUT2D eigenvalue weighted by molar-refractivity contribution is 5.14. The van der Waals surface area contributed by atoms with Gasteiger partial charge in [0.25, 0.3) is 0 Å². The van der Waals surface area contributed by atoms with Crippen LogP contribution in [0.1, 0.15) is 65.7 Å². The Labute approximate surface area is 102 Å². The zero-order valence-electron chi connectivity index (χ0n) is 11.4. The van der Waals surface area contributed by atoms with Crippen LogP contribution in [0, 0.1) is 5.92 Å². The molecule has 0 heterocycles. The number of hydrogen-bond donors (Lipinski definition) is 1. The van der Waals surface area contributed by atoms with E-state index in [2.05, 4.69) is 32.2 Å². The molecule has 0 radical (unpaired) electrons. The van der Waals surface area contributed by atoms with Crippen molar-refractivity contribution in [2.24, 2.45) is 5.92 Å². The molecular formula is C15H29N. The third kappa shape index (κ3) is 4.29. The van der Waals surface area contributed by atoms with E-state index in [1.54, 1.807) is 5.57 Å². The van der Waals surface area contributed by atoms with E-state index in [1.165, 1.54) is 44.9 Å². The molecule has 0 fully saturated rings. The summed E-state index contributed by atoms with van der Waals surface area (Å²) >= 11 is 0. The quantitative estimate of drug-likeness (QED) is 0.635. The third-order valence-electron chi connectivity index (χ3n) is 3.65. The van der Waals surface area contributed by atoms with Crippen molar-refractivity contribution >= 4 is 0 Å². The summed E-state index contributed by atoms with van der Waals surface area (Å²) in [5, 5.41) is 3.76. The Kier molecular flexibility index (Phi) is 6.79. The van der Waals surface area contributed by atoms with Gasteiger partial charge >= 0.3 is 0 Å². The summed E-state index contributed by atoms with van der Waals surface area (Å²) in [5.41, 5.74) is 1.70. The van der Waals surface area contributed by atoms with Crippen molar-refractivity contribution in [2.75, 3.05) is 6.54 Å². The maximum absolute atomic E-state index is 3.76. The molecule has 0 aliphatic heterocycles. The van der Waals surface area contributed by atoms with Gasteiger partial charge in [-0.3, -0.25) is 0 Å². The highest BCUT2D eigenvalue weighted by Gasteiger charge is 2.20. The SMILES string of the molecule is CCCNC(C1=CCCCC1)C(C)CCC. The lowest BCUT2D eigenvalue weighted by Crippen LogP contribution is -2.37. The summed E-state index contributed by atoms with van der Waals surface area (Å²) < 4.78 is 0. The molecule has 2 unspecified atom stereocenters.